The minimum Gasteiger partial charge on any atom is -0.466 e. The number of nitrogens with zero attached hydrogens (tertiary/aromatic N) is 3. The Hall–Kier alpha value is -5.00. The van der Waals surface area contributed by atoms with Gasteiger partial charge >= 0.3 is 30.5 Å². The molecule has 3 rings (SSSR count). The van der Waals surface area contributed by atoms with Gasteiger partial charge in [-0.05, 0) is 156 Å². The van der Waals surface area contributed by atoms with Crippen molar-refractivity contribution in [3.05, 3.63) is 11.8 Å². The van der Waals surface area contributed by atoms with Crippen molar-refractivity contribution in [1.29, 1.82) is 0 Å². The highest BCUT2D eigenvalue weighted by Crippen LogP contribution is 2.32. The predicted octanol–water partition coefficient (Wildman–Crippen LogP) is 3.18. The fraction of sp³-hybridized carbons (Fsp3) is 0.855. The van der Waals surface area contributed by atoms with Crippen molar-refractivity contribution in [2.24, 2.45) is 0 Å². The average molecular weight is 1180 g/mol. The lowest BCUT2D eigenvalue weighted by molar-refractivity contribution is -0.276. The van der Waals surface area contributed by atoms with Crippen LogP contribution in [0.5, 0.6) is 0 Å². The predicted molar refractivity (Wildman–Crippen MR) is 299 cm³/mol. The largest absolute Gasteiger partial charge is 0.466 e. The third-order valence-electron chi connectivity index (χ3n) is 12.7. The average Bonchev–Trinajstić information content (AvgIpc) is 3.48. The third kappa shape index (κ3) is 25.5. The van der Waals surface area contributed by atoms with E-state index in [4.69, 9.17) is 42.6 Å². The highest BCUT2D eigenvalue weighted by Gasteiger charge is 2.51. The van der Waals surface area contributed by atoms with E-state index in [1.807, 2.05) is 27.8 Å². The number of hydrogen-bond acceptors (Lipinski definition) is 21. The molecular formula is C55H100N8O19. The molecule has 474 valence electrons. The Balaban J connectivity index is 2.08. The van der Waals surface area contributed by atoms with Crippen molar-refractivity contribution in [1.82, 2.24) is 41.3 Å². The van der Waals surface area contributed by atoms with Crippen molar-refractivity contribution in [3.8, 4) is 0 Å². The molecule has 1 saturated heterocycles. The van der Waals surface area contributed by atoms with E-state index in [0.717, 1.165) is 4.90 Å². The number of aliphatic hydroxyl groups excluding tert-OH is 4. The molecule has 2 fully saturated rings. The van der Waals surface area contributed by atoms with Gasteiger partial charge in [0.2, 0.25) is 12.2 Å². The molecule has 0 aromatic heterocycles. The molecule has 1 aliphatic carbocycles. The van der Waals surface area contributed by atoms with E-state index in [2.05, 4.69) is 31.5 Å². The van der Waals surface area contributed by atoms with Crippen LogP contribution in [0.4, 0.5) is 24.0 Å². The van der Waals surface area contributed by atoms with Crippen LogP contribution >= 0.6 is 0 Å². The maximum Gasteiger partial charge on any atom is 0.410 e. The highest BCUT2D eigenvalue weighted by molar-refractivity contribution is 5.81. The minimum absolute atomic E-state index is 0.00719. The minimum atomic E-state index is -1.93. The Kier molecular flexibility index (Phi) is 26.7. The second-order valence-corrected chi connectivity index (χ2v) is 26.0. The SMILES string of the molecule is C[C@@H]([C@@H](O)[C@H](OCCO)O[C@@H]1[C@@H](O)[C@H](O[C@H]2OC(CNCCC3CN(C(=O)OC(C)(C)C)CCN3C)=CC[C@H]2NC(=O)OC(C)(C)C)[C@@H](NC(=O)OC(C)(C)C)C[C@H]1NC(=O)[C@@H](O)CCNC(=O)OC(C)(C)C)N(C)C(=O)OC(C)(C)C. The maximum atomic E-state index is 14.0. The topological polar surface area (TPSA) is 336 Å². The molecule has 1 unspecified atom stereocenters. The van der Waals surface area contributed by atoms with Crippen LogP contribution in [0.3, 0.4) is 0 Å². The summed E-state index contributed by atoms with van der Waals surface area (Å²) in [6.07, 6.45) is -13.7. The molecule has 3 aliphatic rings. The number of alkyl carbamates (subject to hydrolysis) is 3. The lowest BCUT2D eigenvalue weighted by Crippen LogP contribution is -2.68. The van der Waals surface area contributed by atoms with Gasteiger partial charge in [0.25, 0.3) is 0 Å². The molecule has 0 aromatic rings. The normalized spacial score (nSPS) is 24.5. The van der Waals surface area contributed by atoms with Crippen molar-refractivity contribution in [3.63, 3.8) is 0 Å². The smallest absolute Gasteiger partial charge is 0.410 e. The maximum absolute atomic E-state index is 14.0. The first kappa shape index (κ1) is 71.3. The number of carbonyl (C=O) groups excluding carboxylic acids is 6. The van der Waals surface area contributed by atoms with Gasteiger partial charge in [-0.25, -0.2) is 24.0 Å². The zero-order chi connectivity index (χ0) is 62.3. The first-order chi connectivity index (χ1) is 37.7. The molecule has 6 amide bonds. The van der Waals surface area contributed by atoms with Crippen LogP contribution < -0.4 is 26.6 Å². The molecule has 2 aliphatic heterocycles. The fourth-order valence-electron chi connectivity index (χ4n) is 8.69. The molecule has 0 bridgehead atoms. The summed E-state index contributed by atoms with van der Waals surface area (Å²) in [5, 5.41) is 60.0. The number of aliphatic hydroxyl groups is 4. The lowest BCUT2D eigenvalue weighted by atomic mass is 9.83. The molecule has 82 heavy (non-hydrogen) atoms. The van der Waals surface area contributed by atoms with E-state index >= 15 is 0 Å². The molecule has 2 heterocycles. The summed E-state index contributed by atoms with van der Waals surface area (Å²) >= 11 is 0. The summed E-state index contributed by atoms with van der Waals surface area (Å²) in [5.74, 6) is -0.605. The van der Waals surface area contributed by atoms with Crippen molar-refractivity contribution < 1.29 is 91.8 Å². The quantitative estimate of drug-likeness (QED) is 0.0427. The number of rotatable bonds is 22. The number of amides is 6. The highest BCUT2D eigenvalue weighted by atomic mass is 16.7. The number of ether oxygens (including phenoxy) is 9. The zero-order valence-electron chi connectivity index (χ0n) is 51.7. The Labute approximate surface area is 484 Å². The van der Waals surface area contributed by atoms with Crippen LogP contribution in [0.2, 0.25) is 0 Å². The molecule has 0 radical (unpaired) electrons. The van der Waals surface area contributed by atoms with Gasteiger partial charge in [0.1, 0.15) is 64.3 Å². The van der Waals surface area contributed by atoms with Crippen molar-refractivity contribution >= 4 is 36.4 Å². The molecule has 27 heteroatoms. The lowest BCUT2D eigenvalue weighted by Gasteiger charge is -2.47. The van der Waals surface area contributed by atoms with Gasteiger partial charge in [0, 0.05) is 39.3 Å². The van der Waals surface area contributed by atoms with Crippen LogP contribution in [0.1, 0.15) is 136 Å². The molecular weight excluding hydrogens is 1080 g/mol. The molecule has 9 N–H and O–H groups in total. The summed E-state index contributed by atoms with van der Waals surface area (Å²) in [7, 11) is 3.37. The van der Waals surface area contributed by atoms with E-state index in [0.29, 0.717) is 38.4 Å². The van der Waals surface area contributed by atoms with Gasteiger partial charge in [-0.1, -0.05) is 0 Å². The van der Waals surface area contributed by atoms with Crippen LogP contribution in [0, 0.1) is 0 Å². The van der Waals surface area contributed by atoms with Crippen molar-refractivity contribution in [2.75, 3.05) is 66.6 Å². The molecule has 0 aromatic carbocycles. The number of nitrogens with one attached hydrogen (secondary N) is 5. The Morgan fingerprint density at radius 3 is 1.85 bits per heavy atom. The van der Waals surface area contributed by atoms with Crippen LogP contribution in [-0.2, 0) is 47.4 Å². The van der Waals surface area contributed by atoms with Crippen LogP contribution in [0.25, 0.3) is 0 Å². The second kappa shape index (κ2) is 30.7. The summed E-state index contributed by atoms with van der Waals surface area (Å²) < 4.78 is 53.2. The van der Waals surface area contributed by atoms with E-state index in [9.17, 15) is 49.2 Å². The first-order valence-corrected chi connectivity index (χ1v) is 28.2. The summed E-state index contributed by atoms with van der Waals surface area (Å²) in [6.45, 7) is 28.0. The zero-order valence-corrected chi connectivity index (χ0v) is 51.7. The summed E-state index contributed by atoms with van der Waals surface area (Å²) in [6, 6.07) is -4.76. The number of piperazine rings is 1. The first-order valence-electron chi connectivity index (χ1n) is 28.2. The van der Waals surface area contributed by atoms with Crippen LogP contribution in [0.15, 0.2) is 11.8 Å². The summed E-state index contributed by atoms with van der Waals surface area (Å²) in [5.41, 5.74) is -4.32. The van der Waals surface area contributed by atoms with Crippen molar-refractivity contribution in [2.45, 2.75) is 238 Å². The number of hydrogen-bond donors (Lipinski definition) is 9. The number of carbonyl (C=O) groups is 6. The van der Waals surface area contributed by atoms with Gasteiger partial charge in [0.15, 0.2) is 6.29 Å². The Morgan fingerprint density at radius 2 is 1.29 bits per heavy atom. The van der Waals surface area contributed by atoms with E-state index in [1.165, 1.54) is 14.0 Å². The summed E-state index contributed by atoms with van der Waals surface area (Å²) in [4.78, 5) is 84.7. The standard InChI is InChI=1S/C55H100N8O19/c1-32(62(18)49(72)81-54(11,12)13)39(66)45(74-28-27-64)77-41-36(58-43(68)38(65)22-24-57-46(69)78-51(2,3)4)29-37(60-48(71)80-53(8,9)10)42(40(41)67)76-44-35(59-47(70)79-52(5,6)7)20-19-34(75-44)30-56-23-21-33-31-63(26-25-61(33)17)50(73)82-55(14,15)16/h19,32-33,35-42,44-45,56,64-67H,20-31H2,1-18H3,(H,57,69)(H,58,68)(H,59,70)(H,60,71)/t32-,33?,35+,36+,37-,38-,39+,40+,41-,42+,44+,45+/m0/s1. The van der Waals surface area contributed by atoms with E-state index in [1.54, 1.807) is 94.1 Å². The van der Waals surface area contributed by atoms with Gasteiger partial charge < -0.3 is 99.4 Å². The monoisotopic (exact) mass is 1180 g/mol. The Morgan fingerprint density at radius 1 is 0.744 bits per heavy atom. The van der Waals surface area contributed by atoms with Gasteiger partial charge in [0.05, 0.1) is 43.9 Å². The van der Waals surface area contributed by atoms with Gasteiger partial charge in [-0.2, -0.15) is 0 Å². The number of likely N-dealkylation sites (N-methyl/N-ethyl adjacent to an activating group) is 2. The molecule has 1 saturated carbocycles. The second-order valence-electron chi connectivity index (χ2n) is 26.0. The molecule has 12 atom stereocenters. The molecule has 27 nitrogen and oxygen atoms in total. The Bertz CT molecular complexity index is 2100. The van der Waals surface area contributed by atoms with Gasteiger partial charge in [-0.3, -0.25) is 9.69 Å². The fourth-order valence-corrected chi connectivity index (χ4v) is 8.69. The van der Waals surface area contributed by atoms with Gasteiger partial charge in [-0.15, -0.1) is 0 Å². The van der Waals surface area contributed by atoms with E-state index < -0.39 is 139 Å². The third-order valence-corrected chi connectivity index (χ3v) is 12.7. The van der Waals surface area contributed by atoms with E-state index in [-0.39, 0.29) is 44.5 Å². The molecule has 0 spiro atoms. The van der Waals surface area contributed by atoms with Crippen LogP contribution in [-0.4, -0.2) is 239 Å².